The summed E-state index contributed by atoms with van der Waals surface area (Å²) in [5.74, 6) is 1.86. The fourth-order valence-electron chi connectivity index (χ4n) is 5.16. The van der Waals surface area contributed by atoms with Crippen LogP contribution in [0.15, 0.2) is 104 Å². The van der Waals surface area contributed by atoms with Crippen molar-refractivity contribution in [3.05, 3.63) is 104 Å². The van der Waals surface area contributed by atoms with E-state index in [1.165, 1.54) is 0 Å². The molecule has 41 heavy (non-hydrogen) atoms. The first kappa shape index (κ1) is 31.8. The van der Waals surface area contributed by atoms with Crippen LogP contribution in [0, 0.1) is 5.41 Å². The van der Waals surface area contributed by atoms with Crippen LogP contribution < -0.4 is 4.74 Å². The van der Waals surface area contributed by atoms with Gasteiger partial charge in [-0.2, -0.15) is 0 Å². The number of methoxy groups -OCH3 is 1. The lowest BCUT2D eigenvalue weighted by Gasteiger charge is -2.34. The molecule has 0 bridgehead atoms. The normalized spacial score (nSPS) is 17.8. The average molecular weight is 559 g/mol. The van der Waals surface area contributed by atoms with Crippen molar-refractivity contribution >= 4 is 21.8 Å². The largest absolute Gasteiger partial charge is 0.493 e. The maximum atomic E-state index is 11.1. The summed E-state index contributed by atoms with van der Waals surface area (Å²) in [6.45, 7) is 16.3. The molecule has 0 radical (unpaired) electrons. The van der Waals surface area contributed by atoms with Crippen LogP contribution in [-0.4, -0.2) is 61.1 Å². The van der Waals surface area contributed by atoms with Crippen LogP contribution in [0.25, 0.3) is 21.8 Å². The van der Waals surface area contributed by atoms with Gasteiger partial charge < -0.3 is 24.3 Å². The molecular weight excluding hydrogens is 512 g/mol. The molecule has 0 aliphatic heterocycles. The topological polar surface area (TPSA) is 67.0 Å². The van der Waals surface area contributed by atoms with Gasteiger partial charge in [0.2, 0.25) is 0 Å². The molecule has 0 spiro atoms. The lowest BCUT2D eigenvalue weighted by Crippen LogP contribution is -2.42. The number of benzene rings is 2. The van der Waals surface area contributed by atoms with Gasteiger partial charge in [0.25, 0.3) is 0 Å². The SMILES string of the molecule is C=C/C(OC)=C(\C=C)OCCN(CC(O)COc1cccc2[nH]c3ccccc3c12)CC1(C)C=CC=CCC1.CC. The molecule has 6 heteroatoms. The van der Waals surface area contributed by atoms with E-state index in [9.17, 15) is 5.11 Å². The van der Waals surface area contributed by atoms with Gasteiger partial charge in [0.15, 0.2) is 11.5 Å². The highest BCUT2D eigenvalue weighted by Gasteiger charge is 2.26. The summed E-state index contributed by atoms with van der Waals surface area (Å²) in [5, 5.41) is 13.2. The molecule has 2 unspecified atom stereocenters. The minimum Gasteiger partial charge on any atom is -0.493 e. The number of hydrogen-bond donors (Lipinski definition) is 2. The molecule has 0 saturated heterocycles. The number of para-hydroxylation sites is 1. The zero-order valence-electron chi connectivity index (χ0n) is 25.1. The number of rotatable bonds is 14. The molecule has 2 aromatic carbocycles. The number of H-pyrrole nitrogens is 1. The Morgan fingerprint density at radius 2 is 1.83 bits per heavy atom. The maximum absolute atomic E-state index is 11.1. The summed E-state index contributed by atoms with van der Waals surface area (Å²) < 4.78 is 17.5. The van der Waals surface area contributed by atoms with Gasteiger partial charge >= 0.3 is 0 Å². The molecule has 0 saturated carbocycles. The van der Waals surface area contributed by atoms with E-state index in [1.54, 1.807) is 19.3 Å². The molecule has 2 atom stereocenters. The van der Waals surface area contributed by atoms with E-state index in [-0.39, 0.29) is 12.0 Å². The minimum absolute atomic E-state index is 0.0182. The van der Waals surface area contributed by atoms with Gasteiger partial charge in [0.1, 0.15) is 25.1 Å². The number of aromatic amines is 1. The summed E-state index contributed by atoms with van der Waals surface area (Å²) in [6.07, 6.45) is 13.3. The van der Waals surface area contributed by atoms with Crippen molar-refractivity contribution in [2.24, 2.45) is 5.41 Å². The highest BCUT2D eigenvalue weighted by atomic mass is 16.5. The Bertz CT molecular complexity index is 1370. The summed E-state index contributed by atoms with van der Waals surface area (Å²) in [5.41, 5.74) is 2.07. The second-order valence-electron chi connectivity index (χ2n) is 10.2. The van der Waals surface area contributed by atoms with E-state index in [4.69, 9.17) is 14.2 Å². The maximum Gasteiger partial charge on any atom is 0.160 e. The van der Waals surface area contributed by atoms with Crippen molar-refractivity contribution in [2.75, 3.05) is 40.0 Å². The van der Waals surface area contributed by atoms with E-state index in [0.717, 1.165) is 46.9 Å². The molecule has 0 amide bonds. The Kier molecular flexibility index (Phi) is 12.3. The van der Waals surface area contributed by atoms with Crippen LogP contribution in [0.1, 0.15) is 33.6 Å². The first-order valence-electron chi connectivity index (χ1n) is 14.5. The number of ether oxygens (including phenoxy) is 3. The van der Waals surface area contributed by atoms with Gasteiger partial charge in [0.05, 0.1) is 12.6 Å². The monoisotopic (exact) mass is 558 g/mol. The van der Waals surface area contributed by atoms with Crippen molar-refractivity contribution in [3.8, 4) is 5.75 Å². The molecule has 1 aliphatic rings. The Hall–Kier alpha value is -3.74. The van der Waals surface area contributed by atoms with Crippen molar-refractivity contribution in [1.82, 2.24) is 9.88 Å². The quantitative estimate of drug-likeness (QED) is 0.158. The third-order valence-electron chi connectivity index (χ3n) is 7.10. The molecule has 1 aliphatic carbocycles. The number of aliphatic hydroxyl groups is 1. The Labute approximate surface area is 245 Å². The van der Waals surface area contributed by atoms with E-state index >= 15 is 0 Å². The Morgan fingerprint density at radius 3 is 2.59 bits per heavy atom. The fraction of sp³-hybridized carbons (Fsp3) is 0.371. The van der Waals surface area contributed by atoms with Crippen LogP contribution >= 0.6 is 0 Å². The predicted molar refractivity (Wildman–Crippen MR) is 171 cm³/mol. The van der Waals surface area contributed by atoms with Gasteiger partial charge in [-0.25, -0.2) is 0 Å². The van der Waals surface area contributed by atoms with Gasteiger partial charge in [-0.3, -0.25) is 4.90 Å². The number of nitrogens with zero attached hydrogens (tertiary/aromatic N) is 1. The second kappa shape index (κ2) is 15.9. The van der Waals surface area contributed by atoms with Crippen molar-refractivity contribution in [2.45, 2.75) is 39.7 Å². The minimum atomic E-state index is -0.681. The van der Waals surface area contributed by atoms with E-state index in [2.05, 4.69) is 66.4 Å². The Morgan fingerprint density at radius 1 is 1.07 bits per heavy atom. The molecule has 1 aromatic heterocycles. The molecular formula is C35H46N2O4. The van der Waals surface area contributed by atoms with Crippen molar-refractivity contribution in [1.29, 1.82) is 0 Å². The zero-order valence-corrected chi connectivity index (χ0v) is 25.1. The number of aliphatic hydroxyl groups excluding tert-OH is 1. The van der Waals surface area contributed by atoms with Crippen LogP contribution in [0.3, 0.4) is 0 Å². The number of aromatic nitrogens is 1. The molecule has 220 valence electrons. The molecule has 0 fully saturated rings. The smallest absolute Gasteiger partial charge is 0.160 e. The first-order chi connectivity index (χ1) is 20.0. The summed E-state index contributed by atoms with van der Waals surface area (Å²) >= 11 is 0. The van der Waals surface area contributed by atoms with E-state index in [0.29, 0.717) is 31.2 Å². The summed E-state index contributed by atoms with van der Waals surface area (Å²) in [4.78, 5) is 5.69. The van der Waals surface area contributed by atoms with Crippen molar-refractivity contribution in [3.63, 3.8) is 0 Å². The van der Waals surface area contributed by atoms with Gasteiger partial charge in [-0.1, -0.05) is 82.5 Å². The number of allylic oxidation sites excluding steroid dienone is 5. The van der Waals surface area contributed by atoms with Crippen molar-refractivity contribution < 1.29 is 19.3 Å². The second-order valence-corrected chi connectivity index (χ2v) is 10.2. The van der Waals surface area contributed by atoms with Gasteiger partial charge in [-0.05, 0) is 48.6 Å². The Balaban J connectivity index is 0.00000226. The first-order valence-corrected chi connectivity index (χ1v) is 14.5. The lowest BCUT2D eigenvalue weighted by atomic mass is 9.85. The average Bonchev–Trinajstić information content (AvgIpc) is 3.24. The van der Waals surface area contributed by atoms with E-state index < -0.39 is 6.10 Å². The van der Waals surface area contributed by atoms with Gasteiger partial charge in [0, 0.05) is 35.9 Å². The standard InChI is InChI=1S/C33H40N2O4.C2H6/c1-5-29(37-4)30(6-2)38-21-20-35(24-33(3)18-11-7-8-12-19-33)22-25(36)23-39-31-17-13-16-28-32(31)26-14-9-10-15-27(26)34-28;1-2/h5-11,13-18,25,34,36H,1-2,12,19-24H2,3-4H3;1-2H3/b30-29-;. The highest BCUT2D eigenvalue weighted by molar-refractivity contribution is 6.10. The fourth-order valence-corrected chi connectivity index (χ4v) is 5.16. The zero-order chi connectivity index (χ0) is 29.7. The summed E-state index contributed by atoms with van der Waals surface area (Å²) in [7, 11) is 1.58. The molecule has 6 nitrogen and oxygen atoms in total. The molecule has 1 heterocycles. The van der Waals surface area contributed by atoms with Gasteiger partial charge in [-0.15, -0.1) is 0 Å². The van der Waals surface area contributed by atoms with E-state index in [1.807, 2.05) is 44.2 Å². The van der Waals surface area contributed by atoms with Crippen LogP contribution in [0.5, 0.6) is 5.75 Å². The highest BCUT2D eigenvalue weighted by Crippen LogP contribution is 2.33. The molecule has 2 N–H and O–H groups in total. The molecule has 3 aromatic rings. The third-order valence-corrected chi connectivity index (χ3v) is 7.10. The third kappa shape index (κ3) is 8.62. The van der Waals surface area contributed by atoms with Crippen LogP contribution in [-0.2, 0) is 9.47 Å². The van der Waals surface area contributed by atoms with Crippen LogP contribution in [0.4, 0.5) is 0 Å². The van der Waals surface area contributed by atoms with Crippen LogP contribution in [0.2, 0.25) is 0 Å². The number of fused-ring (bicyclic) bond motifs is 3. The molecule has 4 rings (SSSR count). The lowest BCUT2D eigenvalue weighted by molar-refractivity contribution is 0.0465. The summed E-state index contributed by atoms with van der Waals surface area (Å²) in [6, 6.07) is 14.2. The number of nitrogens with one attached hydrogen (secondary N) is 1. The number of hydrogen-bond acceptors (Lipinski definition) is 5. The predicted octanol–water partition coefficient (Wildman–Crippen LogP) is 7.55.